The Morgan fingerprint density at radius 2 is 1.19 bits per heavy atom. The fourth-order valence-corrected chi connectivity index (χ4v) is 5.70. The van der Waals surface area contributed by atoms with Crippen molar-refractivity contribution in [1.29, 1.82) is 0 Å². The number of allylic oxidation sites excluding steroid dienone is 3. The van der Waals surface area contributed by atoms with Crippen molar-refractivity contribution in [3.8, 4) is 0 Å². The van der Waals surface area contributed by atoms with Crippen LogP contribution in [0, 0.1) is 0 Å². The van der Waals surface area contributed by atoms with Gasteiger partial charge in [0.15, 0.2) is 0 Å². The molecule has 0 saturated carbocycles. The molecule has 3 aromatic rings. The molecule has 7 heteroatoms. The SMILES string of the molecule is C=C/C=C\C.CC.CCCCCCCN(CCCCCCN(Cc1ccccc1)Cc1ccccc1BO)Cc1ccccc1B(O)O. The monoisotopic (exact) mass is 655 g/mol. The quantitative estimate of drug-likeness (QED) is 0.0611. The summed E-state index contributed by atoms with van der Waals surface area (Å²) in [4.78, 5) is 5.00. The van der Waals surface area contributed by atoms with Gasteiger partial charge >= 0.3 is 14.6 Å². The zero-order valence-electron chi connectivity index (χ0n) is 30.6. The molecule has 0 aliphatic heterocycles. The van der Waals surface area contributed by atoms with E-state index in [4.69, 9.17) is 0 Å². The van der Waals surface area contributed by atoms with Crippen LogP contribution in [-0.2, 0) is 19.6 Å². The Labute approximate surface area is 294 Å². The van der Waals surface area contributed by atoms with E-state index in [9.17, 15) is 15.1 Å². The Hall–Kier alpha value is -2.93. The normalized spacial score (nSPS) is 10.8. The molecule has 3 rings (SSSR count). The summed E-state index contributed by atoms with van der Waals surface area (Å²) >= 11 is 0. The lowest BCUT2D eigenvalue weighted by Gasteiger charge is -2.25. The third kappa shape index (κ3) is 19.2. The van der Waals surface area contributed by atoms with E-state index in [2.05, 4.69) is 65.8 Å². The summed E-state index contributed by atoms with van der Waals surface area (Å²) in [6.45, 7) is 17.3. The Kier molecular flexibility index (Phi) is 26.1. The zero-order valence-corrected chi connectivity index (χ0v) is 30.6. The fraction of sp³-hybridized carbons (Fsp3) is 0.463. The smallest absolute Gasteiger partial charge is 0.449 e. The van der Waals surface area contributed by atoms with Gasteiger partial charge in [-0.05, 0) is 73.4 Å². The van der Waals surface area contributed by atoms with E-state index in [-0.39, 0.29) is 7.48 Å². The van der Waals surface area contributed by atoms with Gasteiger partial charge in [-0.25, -0.2) is 0 Å². The van der Waals surface area contributed by atoms with Crippen molar-refractivity contribution >= 4 is 25.5 Å². The highest BCUT2D eigenvalue weighted by molar-refractivity contribution is 6.59. The lowest BCUT2D eigenvalue weighted by atomic mass is 9.77. The van der Waals surface area contributed by atoms with Gasteiger partial charge in [0.2, 0.25) is 0 Å². The molecule has 0 fully saturated rings. The van der Waals surface area contributed by atoms with Gasteiger partial charge in [-0.1, -0.05) is 163 Å². The first-order valence-electron chi connectivity index (χ1n) is 18.4. The number of benzene rings is 3. The molecule has 0 unspecified atom stereocenters. The summed E-state index contributed by atoms with van der Waals surface area (Å²) in [5, 5.41) is 29.5. The average molecular weight is 655 g/mol. The van der Waals surface area contributed by atoms with Crippen LogP contribution in [0.15, 0.2) is 104 Å². The number of hydrogen-bond acceptors (Lipinski definition) is 5. The molecule has 3 aromatic carbocycles. The Bertz CT molecular complexity index is 1220. The molecular formula is C41H64B2N2O3. The number of hydrogen-bond donors (Lipinski definition) is 3. The van der Waals surface area contributed by atoms with Gasteiger partial charge in [-0.3, -0.25) is 9.80 Å². The number of nitrogens with zero attached hydrogens (tertiary/aromatic N) is 2. The van der Waals surface area contributed by atoms with Gasteiger partial charge in [0, 0.05) is 19.6 Å². The fourth-order valence-electron chi connectivity index (χ4n) is 5.70. The summed E-state index contributed by atoms with van der Waals surface area (Å²) in [6, 6.07) is 26.6. The van der Waals surface area contributed by atoms with Crippen LogP contribution in [0.1, 0.15) is 102 Å². The molecule has 0 saturated heterocycles. The third-order valence-corrected chi connectivity index (χ3v) is 8.26. The molecule has 0 atom stereocenters. The second-order valence-electron chi connectivity index (χ2n) is 12.1. The molecule has 48 heavy (non-hydrogen) atoms. The van der Waals surface area contributed by atoms with Crippen molar-refractivity contribution in [3.05, 3.63) is 120 Å². The van der Waals surface area contributed by atoms with Crippen LogP contribution in [0.25, 0.3) is 0 Å². The summed E-state index contributed by atoms with van der Waals surface area (Å²) in [5.41, 5.74) is 5.15. The van der Waals surface area contributed by atoms with Crippen molar-refractivity contribution in [2.24, 2.45) is 0 Å². The van der Waals surface area contributed by atoms with Gasteiger partial charge in [-0.15, -0.1) is 0 Å². The van der Waals surface area contributed by atoms with Crippen molar-refractivity contribution in [3.63, 3.8) is 0 Å². The molecule has 262 valence electrons. The lowest BCUT2D eigenvalue weighted by Crippen LogP contribution is -2.36. The van der Waals surface area contributed by atoms with Gasteiger partial charge in [0.25, 0.3) is 0 Å². The van der Waals surface area contributed by atoms with Gasteiger partial charge in [-0.2, -0.15) is 0 Å². The maximum atomic E-state index is 9.84. The van der Waals surface area contributed by atoms with Gasteiger partial charge in [0.05, 0.1) is 0 Å². The molecule has 0 radical (unpaired) electrons. The Morgan fingerprint density at radius 3 is 1.73 bits per heavy atom. The van der Waals surface area contributed by atoms with E-state index < -0.39 is 7.12 Å². The molecule has 3 N–H and O–H groups in total. The van der Waals surface area contributed by atoms with E-state index in [1.165, 1.54) is 56.1 Å². The number of unbranched alkanes of at least 4 members (excludes halogenated alkanes) is 7. The molecule has 0 heterocycles. The predicted molar refractivity (Wildman–Crippen MR) is 211 cm³/mol. The third-order valence-electron chi connectivity index (χ3n) is 8.26. The van der Waals surface area contributed by atoms with Gasteiger partial charge in [0.1, 0.15) is 0 Å². The van der Waals surface area contributed by atoms with Crippen LogP contribution in [0.2, 0.25) is 0 Å². The van der Waals surface area contributed by atoms with Gasteiger partial charge < -0.3 is 15.1 Å². The van der Waals surface area contributed by atoms with E-state index in [1.807, 2.05) is 69.3 Å². The van der Waals surface area contributed by atoms with Crippen molar-refractivity contribution in [1.82, 2.24) is 9.80 Å². The molecule has 0 aliphatic carbocycles. The zero-order chi connectivity index (χ0) is 35.2. The summed E-state index contributed by atoms with van der Waals surface area (Å²) in [6.07, 6.45) is 16.5. The summed E-state index contributed by atoms with van der Waals surface area (Å²) in [5.74, 6) is 0. The maximum Gasteiger partial charge on any atom is 0.488 e. The minimum absolute atomic E-state index is 0.0756. The standard InChI is InChI=1S/C34H50B2N2O3.C5H8.C2H6/c1-2-3-4-5-15-24-37(29-32-21-12-14-23-34(32)36(40)41)25-16-6-7-17-26-38(27-30-18-9-8-10-19-30)28-31-20-11-13-22-33(31)35-39;1-3-5-4-2;1-2/h8-14,18-23,35,39-41H,2-7,15-17,24-29H2,1H3;3-5H,1H2,2H3;1-2H3/b;5-4-;. The second-order valence-corrected chi connectivity index (χ2v) is 12.1. The van der Waals surface area contributed by atoms with Crippen LogP contribution in [-0.4, -0.2) is 59.1 Å². The summed E-state index contributed by atoms with van der Waals surface area (Å²) < 4.78 is 0. The second kappa shape index (κ2) is 29.0. The van der Waals surface area contributed by atoms with E-state index >= 15 is 0 Å². The highest BCUT2D eigenvalue weighted by Gasteiger charge is 2.17. The minimum atomic E-state index is -1.43. The van der Waals surface area contributed by atoms with Crippen molar-refractivity contribution in [2.45, 2.75) is 105 Å². The highest BCUT2D eigenvalue weighted by atomic mass is 16.4. The molecule has 0 amide bonds. The molecule has 0 bridgehead atoms. The van der Waals surface area contributed by atoms with Crippen molar-refractivity contribution < 1.29 is 15.1 Å². The first kappa shape index (κ1) is 43.1. The van der Waals surface area contributed by atoms with E-state index in [0.717, 1.165) is 63.1 Å². The molecule has 5 nitrogen and oxygen atoms in total. The van der Waals surface area contributed by atoms with Crippen LogP contribution < -0.4 is 10.9 Å². The first-order valence-corrected chi connectivity index (χ1v) is 18.4. The first-order chi connectivity index (χ1) is 23.5. The highest BCUT2D eigenvalue weighted by Crippen LogP contribution is 2.13. The Morgan fingerprint density at radius 1 is 0.667 bits per heavy atom. The molecule has 0 spiro atoms. The summed E-state index contributed by atoms with van der Waals surface area (Å²) in [7, 11) is -1.35. The Balaban J connectivity index is 0.00000150. The molecule has 0 aromatic heterocycles. The van der Waals surface area contributed by atoms with Crippen LogP contribution in [0.3, 0.4) is 0 Å². The van der Waals surface area contributed by atoms with E-state index in [0.29, 0.717) is 5.46 Å². The lowest BCUT2D eigenvalue weighted by molar-refractivity contribution is 0.241. The largest absolute Gasteiger partial charge is 0.488 e. The molecular weight excluding hydrogens is 590 g/mol. The van der Waals surface area contributed by atoms with Crippen LogP contribution in [0.5, 0.6) is 0 Å². The minimum Gasteiger partial charge on any atom is -0.449 e. The maximum absolute atomic E-state index is 9.84. The number of rotatable bonds is 22. The topological polar surface area (TPSA) is 67.2 Å². The average Bonchev–Trinajstić information content (AvgIpc) is 3.11. The predicted octanol–water partition coefficient (Wildman–Crippen LogP) is 7.15. The van der Waals surface area contributed by atoms with E-state index in [1.54, 1.807) is 6.08 Å². The van der Waals surface area contributed by atoms with Crippen molar-refractivity contribution in [2.75, 3.05) is 19.6 Å². The molecule has 0 aliphatic rings. The van der Waals surface area contributed by atoms with Crippen LogP contribution >= 0.6 is 0 Å². The van der Waals surface area contributed by atoms with Crippen LogP contribution in [0.4, 0.5) is 0 Å².